The van der Waals surface area contributed by atoms with Gasteiger partial charge in [0.15, 0.2) is 15.0 Å². The Labute approximate surface area is 162 Å². The molecule has 0 radical (unpaired) electrons. The summed E-state index contributed by atoms with van der Waals surface area (Å²) in [6, 6.07) is 7.24. The van der Waals surface area contributed by atoms with Gasteiger partial charge in [-0.3, -0.25) is 9.59 Å². The molecular formula is C15H15IN2O5S2. The maximum atomic E-state index is 12.0. The van der Waals surface area contributed by atoms with Gasteiger partial charge in [-0.25, -0.2) is 8.42 Å². The maximum Gasteiger partial charge on any atom is 0.303 e. The summed E-state index contributed by atoms with van der Waals surface area (Å²) >= 11 is 3.45. The van der Waals surface area contributed by atoms with Crippen LogP contribution in [0.15, 0.2) is 29.3 Å². The summed E-state index contributed by atoms with van der Waals surface area (Å²) in [5, 5.41) is 8.97. The predicted molar refractivity (Wildman–Crippen MR) is 105 cm³/mol. The number of carbonyl (C=O) groups excluding carboxylic acids is 1. The Morgan fingerprint density at radius 3 is 2.68 bits per heavy atom. The molecule has 0 aliphatic carbocycles. The van der Waals surface area contributed by atoms with Gasteiger partial charge in [0.1, 0.15) is 0 Å². The summed E-state index contributed by atoms with van der Waals surface area (Å²) in [4.78, 5) is 28.5. The van der Waals surface area contributed by atoms with Crippen LogP contribution in [0.4, 0.5) is 5.69 Å². The number of benzene rings is 1. The zero-order valence-electron chi connectivity index (χ0n) is 13.0. The molecule has 1 amide bonds. The van der Waals surface area contributed by atoms with E-state index in [2.05, 4.69) is 27.6 Å². The topological polar surface area (TPSA) is 104 Å². The van der Waals surface area contributed by atoms with Crippen molar-refractivity contribution < 1.29 is 23.1 Å². The number of hydrogen-bond acceptors (Lipinski definition) is 5. The molecule has 2 atom stereocenters. The number of fused-ring (bicyclic) bond motifs is 1. The van der Waals surface area contributed by atoms with E-state index in [1.807, 2.05) is 29.2 Å². The number of halogens is 1. The Kier molecular flexibility index (Phi) is 5.40. The Bertz CT molecular complexity index is 855. The van der Waals surface area contributed by atoms with Crippen LogP contribution in [0.5, 0.6) is 0 Å². The molecule has 10 heteroatoms. The lowest BCUT2D eigenvalue weighted by Gasteiger charge is -2.25. The fourth-order valence-corrected chi connectivity index (χ4v) is 7.44. The van der Waals surface area contributed by atoms with E-state index in [-0.39, 0.29) is 35.6 Å². The van der Waals surface area contributed by atoms with E-state index >= 15 is 0 Å². The SMILES string of the molecule is O=C(O)CCC(=O)N=C1S[C@@H]2CS(=O)(=O)C[C@@H]2N1c1ccccc1I. The Morgan fingerprint density at radius 1 is 1.28 bits per heavy atom. The molecule has 2 saturated heterocycles. The molecule has 3 rings (SSSR count). The summed E-state index contributed by atoms with van der Waals surface area (Å²) in [7, 11) is -3.12. The third-order valence-corrected chi connectivity index (χ3v) is 8.07. The molecule has 1 aromatic rings. The van der Waals surface area contributed by atoms with Crippen LogP contribution >= 0.6 is 34.4 Å². The fraction of sp³-hybridized carbons (Fsp3) is 0.400. The van der Waals surface area contributed by atoms with Crippen LogP contribution in [0.1, 0.15) is 12.8 Å². The average Bonchev–Trinajstić information content (AvgIpc) is 2.97. The van der Waals surface area contributed by atoms with Gasteiger partial charge in [-0.2, -0.15) is 4.99 Å². The number of nitrogens with zero attached hydrogens (tertiary/aromatic N) is 2. The van der Waals surface area contributed by atoms with Gasteiger partial charge in [-0.15, -0.1) is 0 Å². The first-order chi connectivity index (χ1) is 11.8. The van der Waals surface area contributed by atoms with Crippen molar-refractivity contribution in [3.05, 3.63) is 27.8 Å². The Balaban J connectivity index is 1.94. The summed E-state index contributed by atoms with van der Waals surface area (Å²) < 4.78 is 24.9. The van der Waals surface area contributed by atoms with Crippen molar-refractivity contribution in [3.8, 4) is 0 Å². The van der Waals surface area contributed by atoms with Gasteiger partial charge in [0, 0.05) is 15.2 Å². The summed E-state index contributed by atoms with van der Waals surface area (Å²) in [5.74, 6) is -1.48. The van der Waals surface area contributed by atoms with Gasteiger partial charge >= 0.3 is 5.97 Å². The van der Waals surface area contributed by atoms with Crippen LogP contribution < -0.4 is 4.90 Å². The molecule has 7 nitrogen and oxygen atoms in total. The number of carboxylic acids is 1. The standard InChI is InChI=1S/C15H15IN2O5S2/c16-9-3-1-2-4-10(9)18-11-7-25(22,23)8-12(11)24-15(18)17-13(19)5-6-14(20)21/h1-4,11-12H,5-8H2,(H,20,21)/t11-,12+/m0/s1. The highest BCUT2D eigenvalue weighted by atomic mass is 127. The van der Waals surface area contributed by atoms with E-state index in [1.165, 1.54) is 11.8 Å². The number of rotatable bonds is 4. The highest BCUT2D eigenvalue weighted by Gasteiger charge is 2.49. The first-order valence-corrected chi connectivity index (χ1v) is 11.3. The van der Waals surface area contributed by atoms with Crippen molar-refractivity contribution in [2.45, 2.75) is 24.1 Å². The zero-order valence-corrected chi connectivity index (χ0v) is 16.8. The molecule has 2 aliphatic heterocycles. The summed E-state index contributed by atoms with van der Waals surface area (Å²) in [5.41, 5.74) is 0.810. The highest BCUT2D eigenvalue weighted by Crippen LogP contribution is 2.42. The summed E-state index contributed by atoms with van der Waals surface area (Å²) in [6.07, 6.45) is -0.447. The quantitative estimate of drug-likeness (QED) is 0.637. The Morgan fingerprint density at radius 2 is 2.00 bits per heavy atom. The molecule has 1 aromatic carbocycles. The van der Waals surface area contributed by atoms with Gasteiger partial charge in [0.2, 0.25) is 5.91 Å². The molecule has 0 aromatic heterocycles. The molecule has 2 aliphatic rings. The van der Waals surface area contributed by atoms with E-state index in [9.17, 15) is 18.0 Å². The Hall–Kier alpha value is -1.14. The zero-order chi connectivity index (χ0) is 18.2. The second kappa shape index (κ2) is 7.23. The van der Waals surface area contributed by atoms with E-state index in [4.69, 9.17) is 5.11 Å². The van der Waals surface area contributed by atoms with Gasteiger partial charge in [0.25, 0.3) is 0 Å². The lowest BCUT2D eigenvalue weighted by molar-refractivity contribution is -0.138. The highest BCUT2D eigenvalue weighted by molar-refractivity contribution is 14.1. The van der Waals surface area contributed by atoms with Crippen LogP contribution in [0, 0.1) is 3.57 Å². The maximum absolute atomic E-state index is 12.0. The largest absolute Gasteiger partial charge is 0.481 e. The number of para-hydroxylation sites is 1. The number of carbonyl (C=O) groups is 2. The minimum atomic E-state index is -3.12. The number of amides is 1. The van der Waals surface area contributed by atoms with Crippen molar-refractivity contribution in [1.82, 2.24) is 0 Å². The van der Waals surface area contributed by atoms with Crippen molar-refractivity contribution in [2.75, 3.05) is 16.4 Å². The molecule has 0 saturated carbocycles. The number of anilines is 1. The minimum absolute atomic E-state index is 0.0258. The summed E-state index contributed by atoms with van der Waals surface area (Å²) in [6.45, 7) is 0. The predicted octanol–water partition coefficient (Wildman–Crippen LogP) is 1.76. The molecule has 0 bridgehead atoms. The molecule has 0 spiro atoms. The number of carboxylic acid groups (broad SMARTS) is 1. The van der Waals surface area contributed by atoms with Crippen molar-refractivity contribution in [2.24, 2.45) is 4.99 Å². The molecular weight excluding hydrogens is 479 g/mol. The minimum Gasteiger partial charge on any atom is -0.481 e. The van der Waals surface area contributed by atoms with Gasteiger partial charge in [0.05, 0.1) is 29.7 Å². The lowest BCUT2D eigenvalue weighted by Crippen LogP contribution is -2.38. The van der Waals surface area contributed by atoms with Crippen LogP contribution in [0.3, 0.4) is 0 Å². The van der Waals surface area contributed by atoms with Gasteiger partial charge in [-0.1, -0.05) is 23.9 Å². The van der Waals surface area contributed by atoms with Crippen molar-refractivity contribution in [3.63, 3.8) is 0 Å². The smallest absolute Gasteiger partial charge is 0.303 e. The van der Waals surface area contributed by atoms with Gasteiger partial charge in [-0.05, 0) is 34.7 Å². The molecule has 2 fully saturated rings. The molecule has 25 heavy (non-hydrogen) atoms. The number of sulfone groups is 1. The second-order valence-electron chi connectivity index (χ2n) is 5.80. The van der Waals surface area contributed by atoms with Crippen LogP contribution in [-0.4, -0.2) is 53.4 Å². The first-order valence-electron chi connectivity index (χ1n) is 7.51. The second-order valence-corrected chi connectivity index (χ2v) is 10.3. The molecule has 2 heterocycles. The third-order valence-electron chi connectivity index (χ3n) is 3.95. The number of aliphatic imine (C=N–C) groups is 1. The third kappa shape index (κ3) is 4.17. The molecule has 1 N–H and O–H groups in total. The normalized spacial score (nSPS) is 26.0. The van der Waals surface area contributed by atoms with Gasteiger partial charge < -0.3 is 10.0 Å². The van der Waals surface area contributed by atoms with Crippen LogP contribution in [0.2, 0.25) is 0 Å². The fourth-order valence-electron chi connectivity index (χ4n) is 2.87. The van der Waals surface area contributed by atoms with E-state index in [0.717, 1.165) is 9.26 Å². The lowest BCUT2D eigenvalue weighted by atomic mass is 10.2. The van der Waals surface area contributed by atoms with E-state index < -0.39 is 21.7 Å². The molecule has 0 unspecified atom stereocenters. The van der Waals surface area contributed by atoms with Crippen LogP contribution in [0.25, 0.3) is 0 Å². The van der Waals surface area contributed by atoms with Crippen molar-refractivity contribution >= 4 is 66.9 Å². The molecule has 134 valence electrons. The average molecular weight is 494 g/mol. The van der Waals surface area contributed by atoms with Crippen molar-refractivity contribution in [1.29, 1.82) is 0 Å². The number of hydrogen-bond donors (Lipinski definition) is 1. The van der Waals surface area contributed by atoms with Crippen LogP contribution in [-0.2, 0) is 19.4 Å². The monoisotopic (exact) mass is 494 g/mol. The van der Waals surface area contributed by atoms with E-state index in [0.29, 0.717) is 5.17 Å². The number of aliphatic carboxylic acids is 1. The first kappa shape index (κ1) is 18.6. The number of amidine groups is 1. The van der Waals surface area contributed by atoms with E-state index in [1.54, 1.807) is 0 Å². The number of thioether (sulfide) groups is 1.